The van der Waals surface area contributed by atoms with E-state index in [0.717, 1.165) is 0 Å². The van der Waals surface area contributed by atoms with Crippen molar-refractivity contribution in [3.8, 4) is 0 Å². The first kappa shape index (κ1) is 14.2. The fourth-order valence-electron chi connectivity index (χ4n) is 1.55. The van der Waals surface area contributed by atoms with E-state index in [4.69, 9.17) is 0 Å². The summed E-state index contributed by atoms with van der Waals surface area (Å²) in [5, 5.41) is 2.81. The molecule has 2 rings (SSSR count). The minimum atomic E-state index is -4.71. The second-order valence-corrected chi connectivity index (χ2v) is 5.80. The van der Waals surface area contributed by atoms with E-state index in [1.807, 2.05) is 0 Å². The summed E-state index contributed by atoms with van der Waals surface area (Å²) in [5.74, 6) is -1.42. The van der Waals surface area contributed by atoms with Gasteiger partial charge < -0.3 is 5.32 Å². The fourth-order valence-corrected chi connectivity index (χ4v) is 2.85. The summed E-state index contributed by atoms with van der Waals surface area (Å²) < 4.78 is 76.2. The SMILES string of the molecule is O=S(=O)(NC1CNC1)c1ccc(C(F)(F)F)cc1F. The minimum absolute atomic E-state index is 0.174. The van der Waals surface area contributed by atoms with E-state index >= 15 is 0 Å². The molecule has 1 aliphatic rings. The predicted octanol–water partition coefficient (Wildman–Crippen LogP) is 1.09. The molecule has 1 aliphatic heterocycles. The highest BCUT2D eigenvalue weighted by Crippen LogP contribution is 2.31. The van der Waals surface area contributed by atoms with Crippen molar-refractivity contribution in [1.82, 2.24) is 10.0 Å². The Bertz CT molecular complexity index is 582. The van der Waals surface area contributed by atoms with Crippen molar-refractivity contribution in [3.05, 3.63) is 29.6 Å². The fraction of sp³-hybridized carbons (Fsp3) is 0.400. The van der Waals surface area contributed by atoms with Crippen molar-refractivity contribution in [2.24, 2.45) is 0 Å². The number of halogens is 4. The Kier molecular flexibility index (Phi) is 3.54. The molecule has 1 aromatic carbocycles. The van der Waals surface area contributed by atoms with E-state index in [0.29, 0.717) is 25.2 Å². The number of alkyl halides is 3. The van der Waals surface area contributed by atoms with E-state index in [2.05, 4.69) is 10.0 Å². The lowest BCUT2D eigenvalue weighted by Gasteiger charge is -2.27. The third kappa shape index (κ3) is 3.04. The van der Waals surface area contributed by atoms with Gasteiger partial charge in [-0.15, -0.1) is 0 Å². The molecule has 0 saturated carbocycles. The van der Waals surface area contributed by atoms with Gasteiger partial charge in [0.1, 0.15) is 10.7 Å². The number of sulfonamides is 1. The van der Waals surface area contributed by atoms with Crippen molar-refractivity contribution >= 4 is 10.0 Å². The average Bonchev–Trinajstić information content (AvgIpc) is 2.22. The molecule has 0 atom stereocenters. The minimum Gasteiger partial charge on any atom is -0.313 e. The number of nitrogens with one attached hydrogen (secondary N) is 2. The van der Waals surface area contributed by atoms with Crippen LogP contribution in [0.15, 0.2) is 23.1 Å². The molecule has 1 fully saturated rings. The smallest absolute Gasteiger partial charge is 0.313 e. The van der Waals surface area contributed by atoms with Gasteiger partial charge in [0.25, 0.3) is 0 Å². The quantitative estimate of drug-likeness (QED) is 0.822. The molecule has 0 aromatic heterocycles. The van der Waals surface area contributed by atoms with Crippen LogP contribution in [0.4, 0.5) is 17.6 Å². The highest BCUT2D eigenvalue weighted by Gasteiger charge is 2.33. The molecule has 1 aromatic rings. The molecule has 0 unspecified atom stereocenters. The third-order valence-electron chi connectivity index (χ3n) is 2.65. The van der Waals surface area contributed by atoms with Gasteiger partial charge in [-0.1, -0.05) is 0 Å². The summed E-state index contributed by atoms with van der Waals surface area (Å²) in [6, 6.07) is 0.961. The molecular weight excluding hydrogens is 288 g/mol. The highest BCUT2D eigenvalue weighted by molar-refractivity contribution is 7.89. The van der Waals surface area contributed by atoms with Crippen LogP contribution in [0.2, 0.25) is 0 Å². The van der Waals surface area contributed by atoms with Crippen LogP contribution in [0.1, 0.15) is 5.56 Å². The molecule has 19 heavy (non-hydrogen) atoms. The maximum absolute atomic E-state index is 13.5. The first-order valence-corrected chi connectivity index (χ1v) is 6.78. The standard InChI is InChI=1S/C10H10F4N2O2S/c11-8-3-6(10(12,13)14)1-2-9(8)19(17,18)16-7-4-15-5-7/h1-3,7,15-16H,4-5H2. The Morgan fingerprint density at radius 1 is 1.26 bits per heavy atom. The van der Waals surface area contributed by atoms with Gasteiger partial charge in [0.15, 0.2) is 0 Å². The third-order valence-corrected chi connectivity index (χ3v) is 4.21. The molecule has 0 bridgehead atoms. The summed E-state index contributed by atoms with van der Waals surface area (Å²) >= 11 is 0. The number of rotatable bonds is 3. The van der Waals surface area contributed by atoms with Crippen LogP contribution in [0.3, 0.4) is 0 Å². The van der Waals surface area contributed by atoms with Crippen LogP contribution in [0, 0.1) is 5.82 Å². The van der Waals surface area contributed by atoms with Crippen molar-refractivity contribution in [1.29, 1.82) is 0 Å². The first-order valence-electron chi connectivity index (χ1n) is 5.30. The Morgan fingerprint density at radius 2 is 1.89 bits per heavy atom. The highest BCUT2D eigenvalue weighted by atomic mass is 32.2. The lowest BCUT2D eigenvalue weighted by Crippen LogP contribution is -2.56. The second kappa shape index (κ2) is 4.73. The van der Waals surface area contributed by atoms with Gasteiger partial charge in [-0.3, -0.25) is 0 Å². The lowest BCUT2D eigenvalue weighted by atomic mass is 10.2. The molecule has 0 spiro atoms. The van der Waals surface area contributed by atoms with E-state index < -0.39 is 32.5 Å². The van der Waals surface area contributed by atoms with Crippen molar-refractivity contribution in [3.63, 3.8) is 0 Å². The summed E-state index contributed by atoms with van der Waals surface area (Å²) in [5.41, 5.74) is -1.23. The molecule has 1 heterocycles. The van der Waals surface area contributed by atoms with Crippen LogP contribution < -0.4 is 10.0 Å². The Morgan fingerprint density at radius 3 is 2.32 bits per heavy atom. The number of hydrogen-bond acceptors (Lipinski definition) is 3. The van der Waals surface area contributed by atoms with E-state index in [1.54, 1.807) is 0 Å². The van der Waals surface area contributed by atoms with Gasteiger partial charge >= 0.3 is 6.18 Å². The molecular formula is C10H10F4N2O2S. The maximum atomic E-state index is 13.5. The molecule has 2 N–H and O–H groups in total. The summed E-state index contributed by atoms with van der Waals surface area (Å²) in [7, 11) is -4.15. The average molecular weight is 298 g/mol. The summed E-state index contributed by atoms with van der Waals surface area (Å²) in [6.07, 6.45) is -4.71. The topological polar surface area (TPSA) is 58.2 Å². The number of benzene rings is 1. The van der Waals surface area contributed by atoms with Crippen molar-refractivity contribution in [2.45, 2.75) is 17.1 Å². The molecule has 0 amide bonds. The zero-order valence-electron chi connectivity index (χ0n) is 9.46. The van der Waals surface area contributed by atoms with E-state index in [9.17, 15) is 26.0 Å². The zero-order valence-corrected chi connectivity index (χ0v) is 10.3. The van der Waals surface area contributed by atoms with E-state index in [-0.39, 0.29) is 12.1 Å². The first-order chi connectivity index (χ1) is 8.70. The second-order valence-electron chi connectivity index (χ2n) is 4.12. The predicted molar refractivity (Wildman–Crippen MR) is 58.4 cm³/mol. The Balaban J connectivity index is 2.30. The Hall–Kier alpha value is -1.19. The van der Waals surface area contributed by atoms with Gasteiger partial charge in [0.2, 0.25) is 10.0 Å². The van der Waals surface area contributed by atoms with Gasteiger partial charge in [-0.2, -0.15) is 13.2 Å². The molecule has 1 saturated heterocycles. The molecule has 0 aliphatic carbocycles. The van der Waals surface area contributed by atoms with Crippen LogP contribution in [-0.4, -0.2) is 27.5 Å². The van der Waals surface area contributed by atoms with Gasteiger partial charge in [0, 0.05) is 19.1 Å². The summed E-state index contributed by atoms with van der Waals surface area (Å²) in [4.78, 5) is -0.785. The molecule has 106 valence electrons. The summed E-state index contributed by atoms with van der Waals surface area (Å²) in [6.45, 7) is 0.808. The van der Waals surface area contributed by atoms with Crippen LogP contribution in [0.25, 0.3) is 0 Å². The molecule has 0 radical (unpaired) electrons. The van der Waals surface area contributed by atoms with Crippen LogP contribution >= 0.6 is 0 Å². The largest absolute Gasteiger partial charge is 0.416 e. The molecule has 4 nitrogen and oxygen atoms in total. The monoisotopic (exact) mass is 298 g/mol. The van der Waals surface area contributed by atoms with Crippen molar-refractivity contribution in [2.75, 3.05) is 13.1 Å². The van der Waals surface area contributed by atoms with Crippen LogP contribution in [-0.2, 0) is 16.2 Å². The van der Waals surface area contributed by atoms with Gasteiger partial charge in [-0.25, -0.2) is 17.5 Å². The molecule has 9 heteroatoms. The van der Waals surface area contributed by atoms with E-state index in [1.165, 1.54) is 0 Å². The van der Waals surface area contributed by atoms with Gasteiger partial charge in [0.05, 0.1) is 5.56 Å². The van der Waals surface area contributed by atoms with Crippen LogP contribution in [0.5, 0.6) is 0 Å². The lowest BCUT2D eigenvalue weighted by molar-refractivity contribution is -0.137. The van der Waals surface area contributed by atoms with Gasteiger partial charge in [-0.05, 0) is 18.2 Å². The Labute approximate surface area is 106 Å². The normalized spacial score (nSPS) is 17.3. The van der Waals surface area contributed by atoms with Crippen molar-refractivity contribution < 1.29 is 26.0 Å². The zero-order chi connectivity index (χ0) is 14.3. The number of hydrogen-bond donors (Lipinski definition) is 2. The maximum Gasteiger partial charge on any atom is 0.416 e.